The van der Waals surface area contributed by atoms with Crippen LogP contribution in [0, 0.1) is 0 Å². The van der Waals surface area contributed by atoms with Gasteiger partial charge in [-0.1, -0.05) is 35.3 Å². The minimum atomic E-state index is 0.353. The molecular weight excluding hydrogens is 221 g/mol. The summed E-state index contributed by atoms with van der Waals surface area (Å²) in [7, 11) is 0. The molecule has 14 heavy (non-hydrogen) atoms. The third-order valence-corrected chi connectivity index (χ3v) is 3.17. The summed E-state index contributed by atoms with van der Waals surface area (Å²) in [5.41, 5.74) is 4.02. The van der Waals surface area contributed by atoms with Gasteiger partial charge in [0, 0.05) is 6.04 Å². The van der Waals surface area contributed by atoms with Crippen molar-refractivity contribution < 1.29 is 4.84 Å². The molecule has 2 nitrogen and oxygen atoms in total. The molecule has 1 aromatic carbocycles. The molecule has 1 aliphatic rings. The van der Waals surface area contributed by atoms with Gasteiger partial charge in [0.05, 0.1) is 16.7 Å². The Morgan fingerprint density at radius 1 is 1.43 bits per heavy atom. The van der Waals surface area contributed by atoms with E-state index < -0.39 is 0 Å². The zero-order valence-corrected chi connectivity index (χ0v) is 9.11. The standard InChI is InChI=1S/C10H11Cl2NO/c11-9-3-1-2-7(10(9)12)6-8-4-5-14-13-8/h1-3,8,13H,4-6H2. The number of hydroxylamine groups is 1. The van der Waals surface area contributed by atoms with Crippen LogP contribution < -0.4 is 5.48 Å². The summed E-state index contributed by atoms with van der Waals surface area (Å²) in [4.78, 5) is 5.07. The van der Waals surface area contributed by atoms with E-state index in [-0.39, 0.29) is 0 Å². The molecule has 0 bridgehead atoms. The first kappa shape index (κ1) is 10.2. The lowest BCUT2D eigenvalue weighted by Crippen LogP contribution is -2.22. The fraction of sp³-hybridized carbons (Fsp3) is 0.400. The Bertz CT molecular complexity index is 324. The average Bonchev–Trinajstić information content (AvgIpc) is 2.66. The molecule has 0 spiro atoms. The van der Waals surface area contributed by atoms with E-state index in [2.05, 4.69) is 5.48 Å². The van der Waals surface area contributed by atoms with Crippen molar-refractivity contribution in [3.8, 4) is 0 Å². The number of hydrogen-bond acceptors (Lipinski definition) is 2. The van der Waals surface area contributed by atoms with Crippen LogP contribution >= 0.6 is 23.2 Å². The van der Waals surface area contributed by atoms with Crippen molar-refractivity contribution in [2.24, 2.45) is 0 Å². The highest BCUT2D eigenvalue weighted by Crippen LogP contribution is 2.27. The Kier molecular flexibility index (Phi) is 3.29. The van der Waals surface area contributed by atoms with Gasteiger partial charge < -0.3 is 4.84 Å². The Labute approximate surface area is 93.1 Å². The fourth-order valence-corrected chi connectivity index (χ4v) is 1.95. The van der Waals surface area contributed by atoms with E-state index >= 15 is 0 Å². The Balaban J connectivity index is 2.11. The molecule has 1 N–H and O–H groups in total. The molecule has 2 rings (SSSR count). The van der Waals surface area contributed by atoms with Crippen molar-refractivity contribution in [2.45, 2.75) is 18.9 Å². The molecule has 1 heterocycles. The van der Waals surface area contributed by atoms with Crippen LogP contribution in [0.3, 0.4) is 0 Å². The lowest BCUT2D eigenvalue weighted by atomic mass is 10.0. The van der Waals surface area contributed by atoms with Crippen LogP contribution in [0.15, 0.2) is 18.2 Å². The van der Waals surface area contributed by atoms with E-state index in [0.717, 1.165) is 25.0 Å². The molecule has 0 amide bonds. The minimum absolute atomic E-state index is 0.353. The predicted octanol–water partition coefficient (Wildman–Crippen LogP) is 2.83. The van der Waals surface area contributed by atoms with E-state index in [9.17, 15) is 0 Å². The molecule has 1 unspecified atom stereocenters. The van der Waals surface area contributed by atoms with E-state index in [1.54, 1.807) is 6.07 Å². The van der Waals surface area contributed by atoms with Gasteiger partial charge in [0.1, 0.15) is 0 Å². The molecule has 1 atom stereocenters. The van der Waals surface area contributed by atoms with Gasteiger partial charge >= 0.3 is 0 Å². The van der Waals surface area contributed by atoms with E-state index in [1.165, 1.54) is 0 Å². The molecule has 0 radical (unpaired) electrons. The second-order valence-electron chi connectivity index (χ2n) is 3.37. The molecule has 4 heteroatoms. The summed E-state index contributed by atoms with van der Waals surface area (Å²) in [6, 6.07) is 6.06. The minimum Gasteiger partial charge on any atom is -0.301 e. The first-order valence-electron chi connectivity index (χ1n) is 4.57. The zero-order valence-electron chi connectivity index (χ0n) is 7.59. The van der Waals surface area contributed by atoms with Gasteiger partial charge in [0.15, 0.2) is 0 Å². The molecule has 0 saturated carbocycles. The van der Waals surface area contributed by atoms with Gasteiger partial charge in [0.2, 0.25) is 0 Å². The van der Waals surface area contributed by atoms with E-state index in [1.807, 2.05) is 12.1 Å². The van der Waals surface area contributed by atoms with Crippen LogP contribution in [0.4, 0.5) is 0 Å². The lowest BCUT2D eigenvalue weighted by molar-refractivity contribution is 0.0883. The van der Waals surface area contributed by atoms with Gasteiger partial charge in [0.25, 0.3) is 0 Å². The highest BCUT2D eigenvalue weighted by Gasteiger charge is 2.17. The quantitative estimate of drug-likeness (QED) is 0.846. The van der Waals surface area contributed by atoms with Crippen molar-refractivity contribution in [3.05, 3.63) is 33.8 Å². The number of halogens is 2. The van der Waals surface area contributed by atoms with Crippen molar-refractivity contribution in [3.63, 3.8) is 0 Å². The summed E-state index contributed by atoms with van der Waals surface area (Å²) in [6.45, 7) is 0.767. The molecule has 1 aliphatic heterocycles. The Hall–Kier alpha value is -0.280. The van der Waals surface area contributed by atoms with Gasteiger partial charge in [-0.3, -0.25) is 0 Å². The highest BCUT2D eigenvalue weighted by molar-refractivity contribution is 6.42. The molecule has 0 aliphatic carbocycles. The number of nitrogens with one attached hydrogen (secondary N) is 1. The van der Waals surface area contributed by atoms with Gasteiger partial charge in [-0.25, -0.2) is 0 Å². The monoisotopic (exact) mass is 231 g/mol. The third-order valence-electron chi connectivity index (χ3n) is 2.32. The second kappa shape index (κ2) is 4.49. The third kappa shape index (κ3) is 2.20. The number of hydrogen-bond donors (Lipinski definition) is 1. The fourth-order valence-electron chi connectivity index (χ4n) is 1.55. The Morgan fingerprint density at radius 2 is 2.29 bits per heavy atom. The normalized spacial score (nSPS) is 21.4. The summed E-state index contributed by atoms with van der Waals surface area (Å²) >= 11 is 12.0. The maximum Gasteiger partial charge on any atom is 0.0698 e. The smallest absolute Gasteiger partial charge is 0.0698 e. The average molecular weight is 232 g/mol. The predicted molar refractivity (Wildman–Crippen MR) is 57.7 cm³/mol. The van der Waals surface area contributed by atoms with E-state index in [0.29, 0.717) is 16.1 Å². The van der Waals surface area contributed by atoms with Crippen molar-refractivity contribution >= 4 is 23.2 Å². The molecule has 1 aromatic rings. The van der Waals surface area contributed by atoms with Crippen molar-refractivity contribution in [1.82, 2.24) is 5.48 Å². The largest absolute Gasteiger partial charge is 0.301 e. The molecular formula is C10H11Cl2NO. The molecule has 76 valence electrons. The molecule has 1 saturated heterocycles. The first-order chi connectivity index (χ1) is 6.77. The van der Waals surface area contributed by atoms with Crippen LogP contribution in [-0.2, 0) is 11.3 Å². The molecule has 0 aromatic heterocycles. The van der Waals surface area contributed by atoms with Crippen LogP contribution in [0.5, 0.6) is 0 Å². The lowest BCUT2D eigenvalue weighted by Gasteiger charge is -2.10. The van der Waals surface area contributed by atoms with Gasteiger partial charge in [-0.15, -0.1) is 0 Å². The van der Waals surface area contributed by atoms with Crippen LogP contribution in [-0.4, -0.2) is 12.6 Å². The van der Waals surface area contributed by atoms with Crippen LogP contribution in [0.2, 0.25) is 10.0 Å². The molecule has 1 fully saturated rings. The van der Waals surface area contributed by atoms with Crippen LogP contribution in [0.25, 0.3) is 0 Å². The summed E-state index contributed by atoms with van der Waals surface area (Å²) < 4.78 is 0. The highest BCUT2D eigenvalue weighted by atomic mass is 35.5. The van der Waals surface area contributed by atoms with E-state index in [4.69, 9.17) is 28.0 Å². The Morgan fingerprint density at radius 3 is 3.00 bits per heavy atom. The summed E-state index contributed by atoms with van der Waals surface area (Å²) in [5, 5.41) is 1.27. The topological polar surface area (TPSA) is 21.3 Å². The zero-order chi connectivity index (χ0) is 9.97. The van der Waals surface area contributed by atoms with Crippen molar-refractivity contribution in [1.29, 1.82) is 0 Å². The maximum absolute atomic E-state index is 6.07. The second-order valence-corrected chi connectivity index (χ2v) is 4.15. The van der Waals surface area contributed by atoms with Gasteiger partial charge in [-0.2, -0.15) is 5.48 Å². The first-order valence-corrected chi connectivity index (χ1v) is 5.33. The number of rotatable bonds is 2. The van der Waals surface area contributed by atoms with Crippen LogP contribution in [0.1, 0.15) is 12.0 Å². The van der Waals surface area contributed by atoms with Crippen molar-refractivity contribution in [2.75, 3.05) is 6.61 Å². The summed E-state index contributed by atoms with van der Waals surface area (Å²) in [5.74, 6) is 0. The SMILES string of the molecule is Clc1cccc(CC2CCON2)c1Cl. The summed E-state index contributed by atoms with van der Waals surface area (Å²) in [6.07, 6.45) is 1.88. The number of benzene rings is 1. The maximum atomic E-state index is 6.07. The van der Waals surface area contributed by atoms with Gasteiger partial charge in [-0.05, 0) is 24.5 Å².